The highest BCUT2D eigenvalue weighted by Gasteiger charge is 2.29. The second-order valence-electron chi connectivity index (χ2n) is 6.33. The Hall–Kier alpha value is -2.34. The van der Waals surface area contributed by atoms with Crippen molar-refractivity contribution in [1.82, 2.24) is 0 Å². The summed E-state index contributed by atoms with van der Waals surface area (Å²) in [6.07, 6.45) is 8.88. The fourth-order valence-electron chi connectivity index (χ4n) is 2.78. The first kappa shape index (κ1) is 19.0. The van der Waals surface area contributed by atoms with Gasteiger partial charge in [0.15, 0.2) is 0 Å². The van der Waals surface area contributed by atoms with Gasteiger partial charge in [0.25, 0.3) is 0 Å². The molecule has 0 bridgehead atoms. The molecule has 0 spiro atoms. The Morgan fingerprint density at radius 2 is 1.36 bits per heavy atom. The zero-order valence-corrected chi connectivity index (χ0v) is 14.7. The fraction of sp³-hybridized carbons (Fsp3) is 0.304. The first-order valence-electron chi connectivity index (χ1n) is 8.56. The van der Waals surface area contributed by atoms with E-state index in [0.29, 0.717) is 32.8 Å². The van der Waals surface area contributed by atoms with Crippen LogP contribution in [0.1, 0.15) is 24.0 Å². The molecule has 2 heteroatoms. The summed E-state index contributed by atoms with van der Waals surface area (Å²) in [4.78, 5) is 0. The first-order chi connectivity index (χ1) is 12.3. The Morgan fingerprint density at radius 1 is 0.880 bits per heavy atom. The van der Waals surface area contributed by atoms with Crippen molar-refractivity contribution in [2.24, 2.45) is 5.41 Å². The van der Waals surface area contributed by atoms with Crippen LogP contribution in [0.3, 0.4) is 0 Å². The van der Waals surface area contributed by atoms with E-state index in [1.165, 1.54) is 0 Å². The van der Waals surface area contributed by atoms with Crippen LogP contribution in [0.4, 0.5) is 0 Å². The predicted molar refractivity (Wildman–Crippen MR) is 103 cm³/mol. The molecule has 0 radical (unpaired) electrons. The van der Waals surface area contributed by atoms with Gasteiger partial charge in [0.2, 0.25) is 0 Å². The van der Waals surface area contributed by atoms with Gasteiger partial charge < -0.3 is 9.47 Å². The number of rotatable bonds is 11. The highest BCUT2D eigenvalue weighted by Crippen LogP contribution is 2.29. The van der Waals surface area contributed by atoms with Crippen molar-refractivity contribution in [3.63, 3.8) is 0 Å². The van der Waals surface area contributed by atoms with E-state index in [4.69, 9.17) is 15.9 Å². The quantitative estimate of drug-likeness (QED) is 0.425. The summed E-state index contributed by atoms with van der Waals surface area (Å²) in [6, 6.07) is 20.3. The molecule has 2 aromatic rings. The number of allylic oxidation sites excluding steroid dienone is 1. The molecule has 25 heavy (non-hydrogen) atoms. The summed E-state index contributed by atoms with van der Waals surface area (Å²) in [6.45, 7) is 6.12. The maximum Gasteiger partial charge on any atom is 0.0717 e. The van der Waals surface area contributed by atoms with Gasteiger partial charge in [0.05, 0.1) is 26.4 Å². The van der Waals surface area contributed by atoms with Crippen LogP contribution < -0.4 is 0 Å². The summed E-state index contributed by atoms with van der Waals surface area (Å²) >= 11 is 0. The standard InChI is InChI=1S/C23H26O2/c1-3-15-23(16-4-2,19-24-17-21-11-7-5-8-12-21)20-25-18-22-13-9-6-10-14-22/h1,4-14H,2,15-20H2. The van der Waals surface area contributed by atoms with Gasteiger partial charge in [-0.15, -0.1) is 18.9 Å². The normalized spacial score (nSPS) is 11.0. The van der Waals surface area contributed by atoms with E-state index in [2.05, 4.69) is 36.8 Å². The van der Waals surface area contributed by atoms with Gasteiger partial charge in [-0.05, 0) is 17.5 Å². The van der Waals surface area contributed by atoms with Gasteiger partial charge in [-0.1, -0.05) is 66.7 Å². The van der Waals surface area contributed by atoms with Crippen molar-refractivity contribution >= 4 is 0 Å². The van der Waals surface area contributed by atoms with Gasteiger partial charge in [0.1, 0.15) is 0 Å². The molecule has 2 rings (SSSR count). The number of terminal acetylenes is 1. The lowest BCUT2D eigenvalue weighted by Gasteiger charge is -2.30. The smallest absolute Gasteiger partial charge is 0.0717 e. The van der Waals surface area contributed by atoms with E-state index in [0.717, 1.165) is 17.5 Å². The number of hydrogen-bond donors (Lipinski definition) is 0. The molecule has 0 saturated heterocycles. The average Bonchev–Trinajstić information content (AvgIpc) is 2.64. The maximum atomic E-state index is 5.97. The molecule has 0 amide bonds. The molecule has 0 aliphatic rings. The lowest BCUT2D eigenvalue weighted by Crippen LogP contribution is -2.32. The van der Waals surface area contributed by atoms with Gasteiger partial charge >= 0.3 is 0 Å². The van der Waals surface area contributed by atoms with E-state index in [9.17, 15) is 0 Å². The van der Waals surface area contributed by atoms with Crippen LogP contribution in [-0.2, 0) is 22.7 Å². The molecule has 0 aliphatic carbocycles. The average molecular weight is 334 g/mol. The van der Waals surface area contributed by atoms with Crippen molar-refractivity contribution in [1.29, 1.82) is 0 Å². The zero-order chi connectivity index (χ0) is 17.8. The Labute approximate surface area is 151 Å². The zero-order valence-electron chi connectivity index (χ0n) is 14.7. The third-order valence-corrected chi connectivity index (χ3v) is 4.09. The highest BCUT2D eigenvalue weighted by molar-refractivity contribution is 5.14. The van der Waals surface area contributed by atoms with Crippen LogP contribution in [0, 0.1) is 17.8 Å². The predicted octanol–water partition coefficient (Wildman–Crippen LogP) is 5.01. The van der Waals surface area contributed by atoms with Crippen molar-refractivity contribution < 1.29 is 9.47 Å². The minimum absolute atomic E-state index is 0.236. The van der Waals surface area contributed by atoms with Crippen LogP contribution in [-0.4, -0.2) is 13.2 Å². The molecule has 0 atom stereocenters. The van der Waals surface area contributed by atoms with Crippen LogP contribution in [0.5, 0.6) is 0 Å². The monoisotopic (exact) mass is 334 g/mol. The number of benzene rings is 2. The summed E-state index contributed by atoms with van der Waals surface area (Å²) in [7, 11) is 0. The maximum absolute atomic E-state index is 5.97. The Kier molecular flexibility index (Phi) is 7.98. The molecular weight excluding hydrogens is 308 g/mol. The molecule has 0 aliphatic heterocycles. The van der Waals surface area contributed by atoms with E-state index < -0.39 is 0 Å². The summed E-state index contributed by atoms with van der Waals surface area (Å²) in [5.74, 6) is 2.78. The molecule has 130 valence electrons. The van der Waals surface area contributed by atoms with Crippen molar-refractivity contribution in [3.8, 4) is 12.3 Å². The molecule has 2 aromatic carbocycles. The van der Waals surface area contributed by atoms with Gasteiger partial charge in [-0.3, -0.25) is 0 Å². The van der Waals surface area contributed by atoms with Gasteiger partial charge in [0, 0.05) is 11.8 Å². The topological polar surface area (TPSA) is 18.5 Å². The third-order valence-electron chi connectivity index (χ3n) is 4.09. The van der Waals surface area contributed by atoms with Crippen LogP contribution in [0.25, 0.3) is 0 Å². The number of ether oxygens (including phenoxy) is 2. The molecule has 0 saturated carbocycles. The van der Waals surface area contributed by atoms with Crippen LogP contribution in [0.2, 0.25) is 0 Å². The highest BCUT2D eigenvalue weighted by atomic mass is 16.5. The molecule has 0 N–H and O–H groups in total. The first-order valence-corrected chi connectivity index (χ1v) is 8.56. The molecule has 2 nitrogen and oxygen atoms in total. The SMILES string of the molecule is C#CCC(CC=C)(COCc1ccccc1)COCc1ccccc1. The molecular formula is C23H26O2. The van der Waals surface area contributed by atoms with Crippen LogP contribution in [0.15, 0.2) is 73.3 Å². The lowest BCUT2D eigenvalue weighted by molar-refractivity contribution is -0.0293. The Morgan fingerprint density at radius 3 is 1.76 bits per heavy atom. The second-order valence-corrected chi connectivity index (χ2v) is 6.33. The van der Waals surface area contributed by atoms with Gasteiger partial charge in [-0.2, -0.15) is 0 Å². The Balaban J connectivity index is 1.92. The second kappa shape index (κ2) is 10.5. The summed E-state index contributed by atoms with van der Waals surface area (Å²) in [5.41, 5.74) is 2.07. The molecule has 0 aromatic heterocycles. The van der Waals surface area contributed by atoms with E-state index in [-0.39, 0.29) is 5.41 Å². The van der Waals surface area contributed by atoms with Crippen molar-refractivity contribution in [2.75, 3.05) is 13.2 Å². The van der Waals surface area contributed by atoms with Crippen molar-refractivity contribution in [3.05, 3.63) is 84.4 Å². The summed E-state index contributed by atoms with van der Waals surface area (Å²) < 4.78 is 11.9. The molecule has 0 heterocycles. The van der Waals surface area contributed by atoms with E-state index >= 15 is 0 Å². The van der Waals surface area contributed by atoms with Gasteiger partial charge in [-0.25, -0.2) is 0 Å². The molecule has 0 unspecified atom stereocenters. The minimum atomic E-state index is -0.236. The Bertz CT molecular complexity index is 610. The van der Waals surface area contributed by atoms with E-state index in [1.807, 2.05) is 42.5 Å². The fourth-order valence-corrected chi connectivity index (χ4v) is 2.78. The van der Waals surface area contributed by atoms with E-state index in [1.54, 1.807) is 0 Å². The summed E-state index contributed by atoms with van der Waals surface area (Å²) in [5, 5.41) is 0. The minimum Gasteiger partial charge on any atom is -0.376 e. The lowest BCUT2D eigenvalue weighted by atomic mass is 9.83. The van der Waals surface area contributed by atoms with Crippen molar-refractivity contribution in [2.45, 2.75) is 26.1 Å². The van der Waals surface area contributed by atoms with Crippen LogP contribution >= 0.6 is 0 Å². The third kappa shape index (κ3) is 6.58. The number of hydrogen-bond acceptors (Lipinski definition) is 2. The molecule has 0 fully saturated rings. The largest absolute Gasteiger partial charge is 0.376 e.